The molecule has 2 amide bonds. The van der Waals surface area contributed by atoms with E-state index in [0.29, 0.717) is 11.6 Å². The molecule has 0 unspecified atom stereocenters. The highest BCUT2D eigenvalue weighted by atomic mass is 32.1. The van der Waals surface area contributed by atoms with Crippen LogP contribution in [0.15, 0.2) is 24.3 Å². The number of rotatable bonds is 5. The van der Waals surface area contributed by atoms with Gasteiger partial charge in [-0.05, 0) is 57.7 Å². The minimum atomic E-state index is -0.368. The molecule has 0 spiro atoms. The third-order valence-electron chi connectivity index (χ3n) is 6.56. The first kappa shape index (κ1) is 21.8. The minimum absolute atomic E-state index is 0.0322. The Labute approximate surface area is 187 Å². The van der Waals surface area contributed by atoms with Gasteiger partial charge < -0.3 is 15.4 Å². The minimum Gasteiger partial charge on any atom is -0.497 e. The lowest BCUT2D eigenvalue weighted by Crippen LogP contribution is -2.53. The van der Waals surface area contributed by atoms with Crippen molar-refractivity contribution in [3.63, 3.8) is 0 Å². The van der Waals surface area contributed by atoms with Crippen LogP contribution in [-0.2, 0) is 9.59 Å². The molecule has 8 heteroatoms. The molecule has 2 saturated heterocycles. The third-order valence-corrected chi connectivity index (χ3v) is 7.55. The molecule has 7 nitrogen and oxygen atoms in total. The molecule has 166 valence electrons. The zero-order valence-corrected chi connectivity index (χ0v) is 19.3. The van der Waals surface area contributed by atoms with Crippen LogP contribution in [0.3, 0.4) is 0 Å². The van der Waals surface area contributed by atoms with Gasteiger partial charge in [0.05, 0.1) is 24.9 Å². The van der Waals surface area contributed by atoms with Crippen LogP contribution < -0.4 is 15.4 Å². The van der Waals surface area contributed by atoms with Crippen molar-refractivity contribution in [1.29, 1.82) is 0 Å². The van der Waals surface area contributed by atoms with Crippen molar-refractivity contribution >= 4 is 28.3 Å². The van der Waals surface area contributed by atoms with E-state index in [1.54, 1.807) is 7.11 Å². The van der Waals surface area contributed by atoms with Crippen LogP contribution in [-0.4, -0.2) is 46.9 Å². The Kier molecular flexibility index (Phi) is 6.03. The van der Waals surface area contributed by atoms with Gasteiger partial charge in [-0.3, -0.25) is 14.5 Å². The molecule has 2 fully saturated rings. The van der Waals surface area contributed by atoms with Crippen LogP contribution in [0.2, 0.25) is 0 Å². The van der Waals surface area contributed by atoms with Crippen molar-refractivity contribution in [3.05, 3.63) is 40.4 Å². The number of aromatic nitrogens is 1. The third kappa shape index (κ3) is 4.45. The SMILES string of the molecule is COc1ccc([C@@H]2C[C@]3(C)NC(=O)CCC[C@@H]3N2CC(=O)Nc2nc(C)c(C)s2)cc1. The lowest BCUT2D eigenvalue weighted by atomic mass is 9.88. The number of carbonyl (C=O) groups is 2. The topological polar surface area (TPSA) is 83.6 Å². The molecule has 0 radical (unpaired) electrons. The number of amides is 2. The fraction of sp³-hybridized carbons (Fsp3) is 0.522. The molecule has 2 aliphatic rings. The van der Waals surface area contributed by atoms with Gasteiger partial charge in [-0.25, -0.2) is 4.98 Å². The summed E-state index contributed by atoms with van der Waals surface area (Å²) >= 11 is 1.50. The quantitative estimate of drug-likeness (QED) is 0.740. The first-order valence-electron chi connectivity index (χ1n) is 10.7. The monoisotopic (exact) mass is 442 g/mol. The molecule has 0 aliphatic carbocycles. The van der Waals surface area contributed by atoms with Gasteiger partial charge in [0.15, 0.2) is 5.13 Å². The van der Waals surface area contributed by atoms with Crippen molar-refractivity contribution in [2.75, 3.05) is 19.0 Å². The van der Waals surface area contributed by atoms with E-state index in [1.165, 1.54) is 11.3 Å². The summed E-state index contributed by atoms with van der Waals surface area (Å²) in [5.74, 6) is 0.819. The highest BCUT2D eigenvalue weighted by Gasteiger charge is 2.51. The number of aryl methyl sites for hydroxylation is 2. The Balaban J connectivity index is 1.60. The molecule has 2 N–H and O–H groups in total. The summed E-state index contributed by atoms with van der Waals surface area (Å²) in [4.78, 5) is 33.1. The Bertz CT molecular complexity index is 954. The average molecular weight is 443 g/mol. The lowest BCUT2D eigenvalue weighted by molar-refractivity contribution is -0.122. The zero-order valence-electron chi connectivity index (χ0n) is 18.5. The maximum Gasteiger partial charge on any atom is 0.240 e. The molecule has 3 atom stereocenters. The first-order valence-corrected chi connectivity index (χ1v) is 11.6. The smallest absolute Gasteiger partial charge is 0.240 e. The normalized spacial score (nSPS) is 26.1. The van der Waals surface area contributed by atoms with Crippen LogP contribution in [0, 0.1) is 13.8 Å². The first-order chi connectivity index (χ1) is 14.8. The number of hydrogen-bond donors (Lipinski definition) is 2. The fourth-order valence-corrected chi connectivity index (χ4v) is 5.73. The summed E-state index contributed by atoms with van der Waals surface area (Å²) in [5, 5.41) is 6.86. The van der Waals surface area contributed by atoms with Crippen LogP contribution in [0.4, 0.5) is 5.13 Å². The van der Waals surface area contributed by atoms with Crippen molar-refractivity contribution in [1.82, 2.24) is 15.2 Å². The molecule has 4 rings (SSSR count). The van der Waals surface area contributed by atoms with Gasteiger partial charge in [0.2, 0.25) is 11.8 Å². The molecular formula is C23H30N4O3S. The Morgan fingerprint density at radius 3 is 2.74 bits per heavy atom. The number of carbonyl (C=O) groups excluding carboxylic acids is 2. The number of methoxy groups -OCH3 is 1. The maximum absolute atomic E-state index is 13.0. The van der Waals surface area contributed by atoms with Crippen LogP contribution in [0.1, 0.15) is 54.8 Å². The zero-order chi connectivity index (χ0) is 22.2. The summed E-state index contributed by atoms with van der Waals surface area (Å²) < 4.78 is 5.31. The summed E-state index contributed by atoms with van der Waals surface area (Å²) in [5.41, 5.74) is 1.70. The summed E-state index contributed by atoms with van der Waals surface area (Å²) in [6.07, 6.45) is 3.00. The standard InChI is InChI=1S/C23H30N4O3S/c1-14-15(2)31-22(24-14)25-21(29)13-27-18(16-8-10-17(30-4)11-9-16)12-23(3)19(27)6-5-7-20(28)26-23/h8-11,18-19H,5-7,12-13H2,1-4H3,(H,26,28)(H,24,25,29)/t18-,19-,23-/m0/s1. The van der Waals surface area contributed by atoms with Crippen molar-refractivity contribution in [2.24, 2.45) is 0 Å². The van der Waals surface area contributed by atoms with E-state index in [1.807, 2.05) is 26.0 Å². The summed E-state index contributed by atoms with van der Waals surface area (Å²) in [7, 11) is 1.65. The van der Waals surface area contributed by atoms with E-state index in [9.17, 15) is 9.59 Å². The maximum atomic E-state index is 13.0. The van der Waals surface area contributed by atoms with Crippen molar-refractivity contribution in [3.8, 4) is 5.75 Å². The average Bonchev–Trinajstić information content (AvgIpc) is 3.11. The number of thiazole rings is 1. The van der Waals surface area contributed by atoms with Crippen molar-refractivity contribution < 1.29 is 14.3 Å². The highest BCUT2D eigenvalue weighted by Crippen LogP contribution is 2.45. The van der Waals surface area contributed by atoms with E-state index in [4.69, 9.17) is 4.74 Å². The molecule has 1 aromatic carbocycles. The summed E-state index contributed by atoms with van der Waals surface area (Å²) in [6.45, 7) is 6.32. The van der Waals surface area contributed by atoms with Crippen molar-refractivity contribution in [2.45, 2.75) is 64.1 Å². The van der Waals surface area contributed by atoms with Gasteiger partial charge in [0.1, 0.15) is 5.75 Å². The number of anilines is 1. The fourth-order valence-electron chi connectivity index (χ4n) is 4.90. The van der Waals surface area contributed by atoms with Gasteiger partial charge in [0, 0.05) is 23.4 Å². The van der Waals surface area contributed by atoms with Crippen LogP contribution in [0.25, 0.3) is 0 Å². The second-order valence-electron chi connectivity index (χ2n) is 8.75. The van der Waals surface area contributed by atoms with E-state index in [0.717, 1.165) is 41.1 Å². The molecular weight excluding hydrogens is 412 g/mol. The number of ether oxygens (including phenoxy) is 1. The van der Waals surface area contributed by atoms with Crippen LogP contribution >= 0.6 is 11.3 Å². The predicted octanol–water partition coefficient (Wildman–Crippen LogP) is 3.58. The van der Waals surface area contributed by atoms with E-state index in [-0.39, 0.29) is 36.0 Å². The number of hydrogen-bond acceptors (Lipinski definition) is 6. The van der Waals surface area contributed by atoms with Crippen LogP contribution in [0.5, 0.6) is 5.75 Å². The Hall–Kier alpha value is -2.45. The molecule has 0 bridgehead atoms. The lowest BCUT2D eigenvalue weighted by Gasteiger charge is -2.34. The van der Waals surface area contributed by atoms with Gasteiger partial charge >= 0.3 is 0 Å². The number of likely N-dealkylation sites (tertiary alicyclic amines) is 1. The van der Waals surface area contributed by atoms with E-state index in [2.05, 4.69) is 39.6 Å². The molecule has 2 aromatic rings. The van der Waals surface area contributed by atoms with Gasteiger partial charge in [-0.1, -0.05) is 12.1 Å². The van der Waals surface area contributed by atoms with E-state index < -0.39 is 0 Å². The second kappa shape index (κ2) is 8.59. The number of nitrogens with one attached hydrogen (secondary N) is 2. The molecule has 31 heavy (non-hydrogen) atoms. The number of fused-ring (bicyclic) bond motifs is 1. The number of nitrogens with zero attached hydrogens (tertiary/aromatic N) is 2. The van der Waals surface area contributed by atoms with E-state index >= 15 is 0 Å². The number of benzene rings is 1. The Morgan fingerprint density at radius 1 is 1.35 bits per heavy atom. The Morgan fingerprint density at radius 2 is 2.10 bits per heavy atom. The highest BCUT2D eigenvalue weighted by molar-refractivity contribution is 7.15. The largest absolute Gasteiger partial charge is 0.497 e. The van der Waals surface area contributed by atoms with Gasteiger partial charge in [-0.15, -0.1) is 11.3 Å². The van der Waals surface area contributed by atoms with Gasteiger partial charge in [0.25, 0.3) is 0 Å². The second-order valence-corrected chi connectivity index (χ2v) is 9.95. The summed E-state index contributed by atoms with van der Waals surface area (Å²) in [6, 6.07) is 8.13. The molecule has 3 heterocycles. The molecule has 1 aromatic heterocycles. The predicted molar refractivity (Wildman–Crippen MR) is 121 cm³/mol. The van der Waals surface area contributed by atoms with Gasteiger partial charge in [-0.2, -0.15) is 0 Å². The molecule has 2 aliphatic heterocycles. The molecule has 0 saturated carbocycles.